The lowest BCUT2D eigenvalue weighted by Crippen LogP contribution is -2.36. The maximum atomic E-state index is 13.6. The van der Waals surface area contributed by atoms with Gasteiger partial charge in [0.2, 0.25) is 5.82 Å². The van der Waals surface area contributed by atoms with E-state index in [4.69, 9.17) is 15.2 Å². The van der Waals surface area contributed by atoms with Crippen LogP contribution in [0.3, 0.4) is 0 Å². The number of anilines is 1. The second kappa shape index (κ2) is 8.18. The van der Waals surface area contributed by atoms with E-state index in [2.05, 4.69) is 0 Å². The minimum Gasteiger partial charge on any atom is -0.488 e. The van der Waals surface area contributed by atoms with E-state index in [1.54, 1.807) is 0 Å². The number of hydrogen-bond acceptors (Lipinski definition) is 4. The first-order valence-electron chi connectivity index (χ1n) is 9.22. The zero-order chi connectivity index (χ0) is 18.7. The second-order valence-corrected chi connectivity index (χ2v) is 7.19. The van der Waals surface area contributed by atoms with E-state index in [1.165, 1.54) is 0 Å². The van der Waals surface area contributed by atoms with Gasteiger partial charge in [-0.2, -0.15) is 4.39 Å². The third-order valence-electron chi connectivity index (χ3n) is 5.43. The fraction of sp³-hybridized carbons (Fsp3) is 0.632. The Balaban J connectivity index is 1.40. The summed E-state index contributed by atoms with van der Waals surface area (Å²) in [7, 11) is 0. The predicted octanol–water partition coefficient (Wildman–Crippen LogP) is 4.36. The Morgan fingerprint density at radius 2 is 1.96 bits per heavy atom. The van der Waals surface area contributed by atoms with Crippen molar-refractivity contribution in [2.75, 3.05) is 12.3 Å². The highest BCUT2D eigenvalue weighted by molar-refractivity contribution is 5.70. The van der Waals surface area contributed by atoms with E-state index >= 15 is 0 Å². The summed E-state index contributed by atoms with van der Waals surface area (Å²) in [6.45, 7) is 0.0771. The summed E-state index contributed by atoms with van der Waals surface area (Å²) in [5.74, 6) is -3.59. The van der Waals surface area contributed by atoms with Crippen molar-refractivity contribution in [1.29, 1.82) is 0 Å². The Morgan fingerprint density at radius 3 is 2.77 bits per heavy atom. The number of fused-ring (bicyclic) bond motifs is 1. The molecule has 0 aromatic heterocycles. The van der Waals surface area contributed by atoms with Crippen LogP contribution < -0.4 is 10.5 Å². The number of rotatable bonds is 7. The van der Waals surface area contributed by atoms with Gasteiger partial charge in [0, 0.05) is 12.5 Å². The van der Waals surface area contributed by atoms with Crippen molar-refractivity contribution in [3.63, 3.8) is 0 Å². The quantitative estimate of drug-likeness (QED) is 0.335. The highest BCUT2D eigenvalue weighted by Crippen LogP contribution is 2.42. The SMILES string of the molecule is Nc1cc(F)c(OCCCCCC2OC(=O)CC3CCCC32)c(F)c1F. The molecule has 0 spiro atoms. The van der Waals surface area contributed by atoms with Gasteiger partial charge in [0.1, 0.15) is 6.10 Å². The third kappa shape index (κ3) is 4.07. The molecule has 1 aromatic rings. The minimum atomic E-state index is -1.40. The number of cyclic esters (lactones) is 1. The molecule has 2 aliphatic rings. The summed E-state index contributed by atoms with van der Waals surface area (Å²) in [5, 5.41) is 0. The summed E-state index contributed by atoms with van der Waals surface area (Å²) in [4.78, 5) is 11.7. The monoisotopic (exact) mass is 371 g/mol. The van der Waals surface area contributed by atoms with Crippen molar-refractivity contribution in [3.8, 4) is 5.75 Å². The Labute approximate surface area is 150 Å². The standard InChI is InChI=1S/C19H24F3NO3/c20-13-10-14(23)17(21)18(22)19(13)25-8-3-1-2-7-15-12-6-4-5-11(12)9-16(24)26-15/h10-12,15H,1-9,23H2. The first-order chi connectivity index (χ1) is 12.5. The van der Waals surface area contributed by atoms with E-state index in [9.17, 15) is 18.0 Å². The van der Waals surface area contributed by atoms with Crippen molar-refractivity contribution in [3.05, 3.63) is 23.5 Å². The summed E-state index contributed by atoms with van der Waals surface area (Å²) in [6.07, 6.45) is 6.90. The molecule has 1 saturated heterocycles. The lowest BCUT2D eigenvalue weighted by molar-refractivity contribution is -0.162. The van der Waals surface area contributed by atoms with Crippen LogP contribution in [0.1, 0.15) is 51.4 Å². The van der Waals surface area contributed by atoms with Crippen molar-refractivity contribution in [2.24, 2.45) is 11.8 Å². The van der Waals surface area contributed by atoms with Gasteiger partial charge in [-0.25, -0.2) is 8.78 Å². The van der Waals surface area contributed by atoms with Crippen LogP contribution in [-0.2, 0) is 9.53 Å². The molecule has 144 valence electrons. The van der Waals surface area contributed by atoms with Crippen LogP contribution in [0.4, 0.5) is 18.9 Å². The number of carbonyl (C=O) groups excluding carboxylic acids is 1. The smallest absolute Gasteiger partial charge is 0.306 e. The van der Waals surface area contributed by atoms with Gasteiger partial charge in [0.05, 0.1) is 12.3 Å². The zero-order valence-electron chi connectivity index (χ0n) is 14.6. The summed E-state index contributed by atoms with van der Waals surface area (Å²) in [6, 6.07) is 0.711. The highest BCUT2D eigenvalue weighted by Gasteiger charge is 2.40. The van der Waals surface area contributed by atoms with E-state index in [1.807, 2.05) is 0 Å². The van der Waals surface area contributed by atoms with E-state index in [0.29, 0.717) is 30.7 Å². The maximum absolute atomic E-state index is 13.6. The van der Waals surface area contributed by atoms with Crippen LogP contribution in [0.15, 0.2) is 6.07 Å². The molecule has 1 saturated carbocycles. The zero-order valence-corrected chi connectivity index (χ0v) is 14.6. The van der Waals surface area contributed by atoms with Gasteiger partial charge in [-0.15, -0.1) is 0 Å². The summed E-state index contributed by atoms with van der Waals surface area (Å²) in [5.41, 5.74) is 4.57. The van der Waals surface area contributed by atoms with Gasteiger partial charge < -0.3 is 15.2 Å². The molecular formula is C19H24F3NO3. The Hall–Kier alpha value is -1.92. The van der Waals surface area contributed by atoms with Crippen LogP contribution in [0.25, 0.3) is 0 Å². The molecule has 2 fully saturated rings. The molecule has 1 aliphatic heterocycles. The largest absolute Gasteiger partial charge is 0.488 e. The first-order valence-corrected chi connectivity index (χ1v) is 9.22. The lowest BCUT2D eigenvalue weighted by Gasteiger charge is -2.33. The minimum absolute atomic E-state index is 0.00856. The molecule has 4 nitrogen and oxygen atoms in total. The molecular weight excluding hydrogens is 347 g/mol. The number of ether oxygens (including phenoxy) is 2. The van der Waals surface area contributed by atoms with Crippen LogP contribution in [-0.4, -0.2) is 18.7 Å². The number of unbranched alkanes of at least 4 members (excludes halogenated alkanes) is 2. The highest BCUT2D eigenvalue weighted by atomic mass is 19.2. The molecule has 1 aliphatic carbocycles. The molecule has 0 radical (unpaired) electrons. The fourth-order valence-electron chi connectivity index (χ4n) is 4.13. The van der Waals surface area contributed by atoms with Crippen molar-refractivity contribution < 1.29 is 27.4 Å². The van der Waals surface area contributed by atoms with Crippen LogP contribution in [0, 0.1) is 29.3 Å². The Kier molecular flexibility index (Phi) is 5.94. The van der Waals surface area contributed by atoms with Crippen LogP contribution in [0.5, 0.6) is 5.75 Å². The molecule has 3 unspecified atom stereocenters. The maximum Gasteiger partial charge on any atom is 0.306 e. The Morgan fingerprint density at radius 1 is 1.15 bits per heavy atom. The average molecular weight is 371 g/mol. The number of carbonyl (C=O) groups is 1. The normalized spacial score (nSPS) is 25.0. The number of halogens is 3. The molecule has 3 rings (SSSR count). The number of esters is 1. The molecule has 0 bridgehead atoms. The van der Waals surface area contributed by atoms with Crippen molar-refractivity contribution >= 4 is 11.7 Å². The van der Waals surface area contributed by atoms with Crippen LogP contribution in [0.2, 0.25) is 0 Å². The van der Waals surface area contributed by atoms with E-state index in [0.717, 1.165) is 38.5 Å². The third-order valence-corrected chi connectivity index (χ3v) is 5.43. The fourth-order valence-corrected chi connectivity index (χ4v) is 4.13. The van der Waals surface area contributed by atoms with Gasteiger partial charge in [0.25, 0.3) is 0 Å². The van der Waals surface area contributed by atoms with Gasteiger partial charge >= 0.3 is 5.97 Å². The second-order valence-electron chi connectivity index (χ2n) is 7.19. The molecule has 26 heavy (non-hydrogen) atoms. The molecule has 3 atom stereocenters. The molecule has 1 aromatic carbocycles. The molecule has 0 amide bonds. The van der Waals surface area contributed by atoms with Crippen LogP contribution >= 0.6 is 0 Å². The Bertz CT molecular complexity index is 668. The van der Waals surface area contributed by atoms with Crippen molar-refractivity contribution in [1.82, 2.24) is 0 Å². The van der Waals surface area contributed by atoms with Gasteiger partial charge in [-0.3, -0.25) is 4.79 Å². The predicted molar refractivity (Wildman–Crippen MR) is 90.0 cm³/mol. The molecule has 7 heteroatoms. The molecule has 2 N–H and O–H groups in total. The number of nitrogen functional groups attached to an aromatic ring is 1. The topological polar surface area (TPSA) is 61.6 Å². The summed E-state index contributed by atoms with van der Waals surface area (Å²) >= 11 is 0. The van der Waals surface area contributed by atoms with Crippen molar-refractivity contribution in [2.45, 2.75) is 57.5 Å². The number of hydrogen-bond donors (Lipinski definition) is 1. The van der Waals surface area contributed by atoms with Gasteiger partial charge in [-0.1, -0.05) is 6.42 Å². The van der Waals surface area contributed by atoms with Gasteiger partial charge in [0.15, 0.2) is 17.4 Å². The number of nitrogens with two attached hydrogens (primary N) is 1. The van der Waals surface area contributed by atoms with E-state index in [-0.39, 0.29) is 18.7 Å². The van der Waals surface area contributed by atoms with Gasteiger partial charge in [-0.05, 0) is 50.4 Å². The average Bonchev–Trinajstić information content (AvgIpc) is 3.06. The molecule has 1 heterocycles. The lowest BCUT2D eigenvalue weighted by atomic mass is 9.84. The van der Waals surface area contributed by atoms with E-state index < -0.39 is 28.9 Å². The number of benzene rings is 1. The first kappa shape index (κ1) is 18.9. The summed E-state index contributed by atoms with van der Waals surface area (Å²) < 4.78 is 51.2.